The maximum absolute atomic E-state index is 12.7. The summed E-state index contributed by atoms with van der Waals surface area (Å²) in [5.74, 6) is 0.812. The molecular weight excluding hydrogens is 394 g/mol. The van der Waals surface area contributed by atoms with Gasteiger partial charge in [0.15, 0.2) is 0 Å². The van der Waals surface area contributed by atoms with Crippen molar-refractivity contribution in [2.24, 2.45) is 0 Å². The molecule has 0 saturated carbocycles. The summed E-state index contributed by atoms with van der Waals surface area (Å²) in [5, 5.41) is 5.10. The Morgan fingerprint density at radius 2 is 1.90 bits per heavy atom. The van der Waals surface area contributed by atoms with Gasteiger partial charge in [0.05, 0.1) is 25.2 Å². The third-order valence-corrected chi connectivity index (χ3v) is 5.36. The lowest BCUT2D eigenvalue weighted by atomic mass is 10.2. The first-order chi connectivity index (χ1) is 13.9. The fourth-order valence-corrected chi connectivity index (χ4v) is 3.47. The summed E-state index contributed by atoms with van der Waals surface area (Å²) in [6.07, 6.45) is 0. The van der Waals surface area contributed by atoms with Crippen molar-refractivity contribution in [2.75, 3.05) is 19.5 Å². The van der Waals surface area contributed by atoms with Gasteiger partial charge in [0, 0.05) is 18.2 Å². The van der Waals surface area contributed by atoms with Crippen LogP contribution in [-0.2, 0) is 4.79 Å². The smallest absolute Gasteiger partial charge is 0.442 e. The van der Waals surface area contributed by atoms with Crippen molar-refractivity contribution in [2.45, 2.75) is 24.1 Å². The molecule has 9 heteroatoms. The molecule has 0 aliphatic heterocycles. The van der Waals surface area contributed by atoms with Crippen LogP contribution < -0.4 is 25.1 Å². The van der Waals surface area contributed by atoms with Crippen molar-refractivity contribution in [1.29, 1.82) is 0 Å². The van der Waals surface area contributed by atoms with Gasteiger partial charge in [-0.15, -0.1) is 0 Å². The molecule has 0 fully saturated rings. The number of ether oxygens (including phenoxy) is 2. The number of carbonyl (C=O) groups excluding carboxylic acids is 1. The summed E-state index contributed by atoms with van der Waals surface area (Å²) in [7, 11) is 3.07. The molecular formula is C20H22N3O5S+. The average molecular weight is 416 g/mol. The lowest BCUT2D eigenvalue weighted by molar-refractivity contribution is -0.704. The molecule has 1 heterocycles. The SMILES string of the molecule is COc1ccc(NC(=O)C(C)Sc2c(=O)o[nH][n+]2-c2ccc(C)cc2)c(OC)c1. The zero-order valence-electron chi connectivity index (χ0n) is 16.5. The molecule has 2 aromatic carbocycles. The van der Waals surface area contributed by atoms with E-state index in [1.54, 1.807) is 32.2 Å². The fourth-order valence-electron chi connectivity index (χ4n) is 2.59. The Balaban J connectivity index is 1.78. The summed E-state index contributed by atoms with van der Waals surface area (Å²) in [5.41, 5.74) is 1.79. The number of nitrogens with one attached hydrogen (secondary N) is 2. The van der Waals surface area contributed by atoms with Gasteiger partial charge < -0.3 is 14.8 Å². The molecule has 0 radical (unpaired) electrons. The number of methoxy groups -OCH3 is 2. The number of aromatic amines is 1. The van der Waals surface area contributed by atoms with E-state index in [1.165, 1.54) is 11.8 Å². The molecule has 0 saturated heterocycles. The number of nitrogens with zero attached hydrogens (tertiary/aromatic N) is 1. The first kappa shape index (κ1) is 20.5. The number of H-pyrrole nitrogens is 1. The Kier molecular flexibility index (Phi) is 6.28. The van der Waals surface area contributed by atoms with Crippen LogP contribution in [0.4, 0.5) is 5.69 Å². The van der Waals surface area contributed by atoms with E-state index in [2.05, 4.69) is 10.6 Å². The van der Waals surface area contributed by atoms with Crippen LogP contribution >= 0.6 is 11.8 Å². The average Bonchev–Trinajstić information content (AvgIpc) is 3.09. The molecule has 0 bridgehead atoms. The van der Waals surface area contributed by atoms with Crippen LogP contribution in [-0.4, -0.2) is 30.6 Å². The largest absolute Gasteiger partial charge is 0.497 e. The van der Waals surface area contributed by atoms with Crippen LogP contribution in [0, 0.1) is 6.92 Å². The highest BCUT2D eigenvalue weighted by atomic mass is 32.2. The predicted molar refractivity (Wildman–Crippen MR) is 109 cm³/mol. The molecule has 3 rings (SSSR count). The Morgan fingerprint density at radius 3 is 2.55 bits per heavy atom. The van der Waals surface area contributed by atoms with E-state index in [0.717, 1.165) is 23.0 Å². The van der Waals surface area contributed by atoms with Crippen LogP contribution in [0.1, 0.15) is 12.5 Å². The quantitative estimate of drug-likeness (QED) is 0.454. The van der Waals surface area contributed by atoms with Gasteiger partial charge in [-0.2, -0.15) is 0 Å². The van der Waals surface area contributed by atoms with Crippen molar-refractivity contribution in [3.8, 4) is 17.2 Å². The van der Waals surface area contributed by atoms with E-state index in [9.17, 15) is 9.59 Å². The maximum Gasteiger partial charge on any atom is 0.442 e. The van der Waals surface area contributed by atoms with Crippen molar-refractivity contribution in [1.82, 2.24) is 5.27 Å². The number of carbonyl (C=O) groups is 1. The number of rotatable bonds is 7. The molecule has 1 amide bonds. The summed E-state index contributed by atoms with van der Waals surface area (Å²) in [6, 6.07) is 12.7. The standard InChI is InChI=1S/C20H21N3O5S/c1-12-5-7-14(8-6-12)23-19(20(25)28-22-23)29-13(2)18(24)21-16-10-9-15(26-3)11-17(16)27-4/h5-11,13H,1-4H3,(H-,21,22,24,25)/p+1. The number of amides is 1. The van der Waals surface area contributed by atoms with Crippen molar-refractivity contribution >= 4 is 23.4 Å². The zero-order valence-corrected chi connectivity index (χ0v) is 17.3. The second-order valence-electron chi connectivity index (χ2n) is 6.27. The molecule has 1 atom stereocenters. The predicted octanol–water partition coefficient (Wildman–Crippen LogP) is 2.69. The molecule has 3 aromatic rings. The zero-order chi connectivity index (χ0) is 21.0. The summed E-state index contributed by atoms with van der Waals surface area (Å²) in [4.78, 5) is 24.9. The van der Waals surface area contributed by atoms with Gasteiger partial charge in [-0.25, -0.2) is 4.79 Å². The van der Waals surface area contributed by atoms with E-state index in [0.29, 0.717) is 17.2 Å². The second kappa shape index (κ2) is 8.87. The normalized spacial score (nSPS) is 11.7. The fraction of sp³-hybridized carbons (Fsp3) is 0.250. The topological polar surface area (TPSA) is 97.4 Å². The third kappa shape index (κ3) is 4.62. The van der Waals surface area contributed by atoms with E-state index >= 15 is 0 Å². The number of aromatic nitrogens is 2. The highest BCUT2D eigenvalue weighted by Crippen LogP contribution is 2.30. The minimum atomic E-state index is -0.572. The lowest BCUT2D eigenvalue weighted by Gasteiger charge is -2.13. The number of thioether (sulfide) groups is 1. The highest BCUT2D eigenvalue weighted by molar-refractivity contribution is 8.00. The molecule has 29 heavy (non-hydrogen) atoms. The summed E-state index contributed by atoms with van der Waals surface area (Å²) >= 11 is 1.10. The Bertz CT molecular complexity index is 1060. The summed E-state index contributed by atoms with van der Waals surface area (Å²) in [6.45, 7) is 3.68. The summed E-state index contributed by atoms with van der Waals surface area (Å²) < 4.78 is 16.9. The van der Waals surface area contributed by atoms with E-state index in [4.69, 9.17) is 14.0 Å². The molecule has 0 aliphatic rings. The molecule has 1 aromatic heterocycles. The minimum Gasteiger partial charge on any atom is -0.497 e. The molecule has 8 nitrogen and oxygen atoms in total. The van der Waals surface area contributed by atoms with Crippen LogP contribution in [0.25, 0.3) is 5.69 Å². The van der Waals surface area contributed by atoms with Crippen molar-refractivity contribution in [3.05, 3.63) is 58.4 Å². The Hall–Kier alpha value is -3.20. The first-order valence-electron chi connectivity index (χ1n) is 8.83. The monoisotopic (exact) mass is 416 g/mol. The van der Waals surface area contributed by atoms with Gasteiger partial charge in [0.25, 0.3) is 0 Å². The molecule has 0 spiro atoms. The number of hydrogen-bond acceptors (Lipinski definition) is 6. The third-order valence-electron chi connectivity index (χ3n) is 4.22. The second-order valence-corrected chi connectivity index (χ2v) is 7.60. The van der Waals surface area contributed by atoms with Crippen LogP contribution in [0.3, 0.4) is 0 Å². The number of benzene rings is 2. The maximum atomic E-state index is 12.7. The van der Waals surface area contributed by atoms with Crippen molar-refractivity contribution in [3.63, 3.8) is 0 Å². The van der Waals surface area contributed by atoms with Crippen LogP contribution in [0.15, 0.2) is 56.8 Å². The van der Waals surface area contributed by atoms with Crippen LogP contribution in [0.2, 0.25) is 0 Å². The number of aryl methyl sites for hydroxylation is 1. The Morgan fingerprint density at radius 1 is 1.17 bits per heavy atom. The van der Waals surface area contributed by atoms with Gasteiger partial charge in [-0.3, -0.25) is 9.32 Å². The molecule has 1 unspecified atom stereocenters. The lowest BCUT2D eigenvalue weighted by Crippen LogP contribution is -2.37. The molecule has 0 aliphatic carbocycles. The van der Waals surface area contributed by atoms with Gasteiger partial charge >= 0.3 is 10.7 Å². The number of hydrogen-bond donors (Lipinski definition) is 2. The first-order valence-corrected chi connectivity index (χ1v) is 9.71. The van der Waals surface area contributed by atoms with E-state index in [1.807, 2.05) is 31.2 Å². The van der Waals surface area contributed by atoms with Gasteiger partial charge in [0.1, 0.15) is 11.5 Å². The van der Waals surface area contributed by atoms with E-state index < -0.39 is 10.9 Å². The Labute approximate surface area is 171 Å². The van der Waals surface area contributed by atoms with E-state index in [-0.39, 0.29) is 10.9 Å². The van der Waals surface area contributed by atoms with Gasteiger partial charge in [-0.05, 0) is 47.7 Å². The molecule has 2 N–H and O–H groups in total. The van der Waals surface area contributed by atoms with Crippen LogP contribution in [0.5, 0.6) is 11.5 Å². The minimum absolute atomic E-state index is 0.276. The van der Waals surface area contributed by atoms with Crippen molar-refractivity contribution < 1.29 is 23.5 Å². The highest BCUT2D eigenvalue weighted by Gasteiger charge is 2.29. The number of anilines is 1. The van der Waals surface area contributed by atoms with Gasteiger partial charge in [0.2, 0.25) is 11.6 Å². The van der Waals surface area contributed by atoms with Gasteiger partial charge in [-0.1, -0.05) is 17.7 Å². The molecule has 152 valence electrons.